The summed E-state index contributed by atoms with van der Waals surface area (Å²) >= 11 is 0. The van der Waals surface area contributed by atoms with E-state index in [9.17, 15) is 4.57 Å². The van der Waals surface area contributed by atoms with Crippen molar-refractivity contribution in [2.24, 2.45) is 17.8 Å². The van der Waals surface area contributed by atoms with Crippen molar-refractivity contribution < 1.29 is 9.09 Å². The van der Waals surface area contributed by atoms with E-state index >= 15 is 0 Å². The maximum atomic E-state index is 14.2. The largest absolute Gasteiger partial charge is 0.313 e. The molecule has 0 bridgehead atoms. The normalized spacial score (nSPS) is 35.5. The van der Waals surface area contributed by atoms with E-state index in [0.717, 1.165) is 18.5 Å². The highest BCUT2D eigenvalue weighted by Crippen LogP contribution is 2.65. The summed E-state index contributed by atoms with van der Waals surface area (Å²) in [4.78, 5) is 0. The fourth-order valence-corrected chi connectivity index (χ4v) is 7.94. The van der Waals surface area contributed by atoms with Crippen LogP contribution in [0.3, 0.4) is 0 Å². The van der Waals surface area contributed by atoms with E-state index in [4.69, 9.17) is 4.52 Å². The Hall–Kier alpha value is -0.630. The molecule has 1 saturated carbocycles. The van der Waals surface area contributed by atoms with Gasteiger partial charge in [0.15, 0.2) is 0 Å². The van der Waals surface area contributed by atoms with Crippen molar-refractivity contribution in [1.29, 1.82) is 0 Å². The van der Waals surface area contributed by atoms with Gasteiger partial charge in [0.1, 0.15) is 0 Å². The zero-order valence-corrected chi connectivity index (χ0v) is 17.3. The van der Waals surface area contributed by atoms with Crippen molar-refractivity contribution in [2.45, 2.75) is 71.7 Å². The molecule has 25 heavy (non-hydrogen) atoms. The summed E-state index contributed by atoms with van der Waals surface area (Å²) in [5.41, 5.74) is 1.02. The fraction of sp³-hybridized carbons (Fsp3) is 0.714. The molecule has 2 fully saturated rings. The van der Waals surface area contributed by atoms with Crippen molar-refractivity contribution in [1.82, 2.24) is 4.67 Å². The maximum Gasteiger partial charge on any atom is 0.277 e. The molecule has 1 saturated heterocycles. The number of benzene rings is 1. The number of hydrogen-bond acceptors (Lipinski definition) is 2. The highest BCUT2D eigenvalue weighted by Gasteiger charge is 2.55. The van der Waals surface area contributed by atoms with Gasteiger partial charge in [0.05, 0.1) is 12.3 Å². The lowest BCUT2D eigenvalue weighted by Gasteiger charge is -2.57. The highest BCUT2D eigenvalue weighted by molar-refractivity contribution is 7.55. The first-order chi connectivity index (χ1) is 11.7. The molecule has 1 aromatic rings. The Morgan fingerprint density at radius 1 is 1.24 bits per heavy atom. The Kier molecular flexibility index (Phi) is 5.49. The summed E-state index contributed by atoms with van der Waals surface area (Å²) in [6.45, 7) is 12.1. The van der Waals surface area contributed by atoms with E-state index in [0.29, 0.717) is 23.9 Å². The average molecular weight is 363 g/mol. The molecule has 1 aliphatic carbocycles. The van der Waals surface area contributed by atoms with E-state index in [-0.39, 0.29) is 11.6 Å². The SMILES string of the molecule is CC(C)CN1C(C)(C)[C@@H]2CC[C@@H](C)C[C@H]2O[P@@]1(=O)Cc1ccccc1. The van der Waals surface area contributed by atoms with Crippen LogP contribution in [0.5, 0.6) is 0 Å². The van der Waals surface area contributed by atoms with Crippen LogP contribution in [0.25, 0.3) is 0 Å². The van der Waals surface area contributed by atoms with Crippen molar-refractivity contribution in [3.8, 4) is 0 Å². The molecule has 3 nitrogen and oxygen atoms in total. The molecule has 4 heteroatoms. The predicted molar refractivity (Wildman–Crippen MR) is 105 cm³/mol. The first kappa shape index (κ1) is 19.1. The van der Waals surface area contributed by atoms with Gasteiger partial charge in [-0.05, 0) is 44.1 Å². The summed E-state index contributed by atoms with van der Waals surface area (Å²) < 4.78 is 22.9. The fourth-order valence-electron chi connectivity index (χ4n) is 4.75. The molecular weight excluding hydrogens is 329 g/mol. The van der Waals surface area contributed by atoms with E-state index in [1.807, 2.05) is 18.2 Å². The van der Waals surface area contributed by atoms with Crippen LogP contribution in [0.1, 0.15) is 59.4 Å². The molecule has 0 unspecified atom stereocenters. The van der Waals surface area contributed by atoms with Crippen LogP contribution in [-0.4, -0.2) is 22.9 Å². The monoisotopic (exact) mass is 363 g/mol. The first-order valence-electron chi connectivity index (χ1n) is 9.82. The van der Waals surface area contributed by atoms with Crippen LogP contribution in [0.4, 0.5) is 0 Å². The quantitative estimate of drug-likeness (QED) is 0.619. The van der Waals surface area contributed by atoms with Crippen LogP contribution in [-0.2, 0) is 15.3 Å². The highest BCUT2D eigenvalue weighted by atomic mass is 31.2. The Labute approximate surface area is 153 Å². The van der Waals surface area contributed by atoms with E-state index < -0.39 is 7.52 Å². The second-order valence-electron chi connectivity index (χ2n) is 9.08. The molecule has 1 aliphatic heterocycles. The molecule has 0 aromatic heterocycles. The maximum absolute atomic E-state index is 14.2. The number of nitrogens with zero attached hydrogens (tertiary/aromatic N) is 1. The lowest BCUT2D eigenvalue weighted by molar-refractivity contribution is -0.0510. The van der Waals surface area contributed by atoms with Crippen LogP contribution in [0.2, 0.25) is 0 Å². The van der Waals surface area contributed by atoms with Gasteiger partial charge in [-0.3, -0.25) is 4.57 Å². The van der Waals surface area contributed by atoms with Gasteiger partial charge >= 0.3 is 0 Å². The van der Waals surface area contributed by atoms with E-state index in [1.54, 1.807) is 0 Å². The number of hydrogen-bond donors (Lipinski definition) is 0. The van der Waals surface area contributed by atoms with Gasteiger partial charge in [-0.1, -0.05) is 57.5 Å². The Morgan fingerprint density at radius 2 is 1.92 bits per heavy atom. The zero-order chi connectivity index (χ0) is 18.2. The van der Waals surface area contributed by atoms with E-state index in [1.165, 1.54) is 12.8 Å². The minimum atomic E-state index is -2.90. The lowest BCUT2D eigenvalue weighted by Crippen LogP contribution is -2.58. The van der Waals surface area contributed by atoms with Crippen LogP contribution in [0, 0.1) is 17.8 Å². The van der Waals surface area contributed by atoms with Gasteiger partial charge in [-0.15, -0.1) is 0 Å². The molecule has 4 atom stereocenters. The number of rotatable bonds is 4. The molecule has 0 N–H and O–H groups in total. The lowest BCUT2D eigenvalue weighted by atomic mass is 9.71. The first-order valence-corrected chi connectivity index (χ1v) is 11.6. The molecule has 0 amide bonds. The van der Waals surface area contributed by atoms with Crippen molar-refractivity contribution in [3.63, 3.8) is 0 Å². The Balaban J connectivity index is 1.96. The molecule has 3 rings (SSSR count). The van der Waals surface area contributed by atoms with Crippen molar-refractivity contribution in [2.75, 3.05) is 6.54 Å². The van der Waals surface area contributed by atoms with Crippen LogP contribution < -0.4 is 0 Å². The molecule has 140 valence electrons. The van der Waals surface area contributed by atoms with Crippen molar-refractivity contribution >= 4 is 7.52 Å². The van der Waals surface area contributed by atoms with Crippen molar-refractivity contribution in [3.05, 3.63) is 35.9 Å². The molecule has 0 spiro atoms. The summed E-state index contributed by atoms with van der Waals surface area (Å²) in [5, 5.41) is 0. The summed E-state index contributed by atoms with van der Waals surface area (Å²) in [5.74, 6) is 1.60. The third kappa shape index (κ3) is 3.89. The van der Waals surface area contributed by atoms with E-state index in [2.05, 4.69) is 51.4 Å². The van der Waals surface area contributed by atoms with Gasteiger partial charge in [-0.2, -0.15) is 0 Å². The van der Waals surface area contributed by atoms with Gasteiger partial charge < -0.3 is 4.52 Å². The molecule has 1 heterocycles. The minimum Gasteiger partial charge on any atom is -0.313 e. The predicted octanol–water partition coefficient (Wildman–Crippen LogP) is 5.95. The molecule has 1 aromatic carbocycles. The molecular formula is C21H34NO2P. The summed E-state index contributed by atoms with van der Waals surface area (Å²) in [6.07, 6.45) is 4.13. The third-order valence-electron chi connectivity index (χ3n) is 6.06. The van der Waals surface area contributed by atoms with Gasteiger partial charge in [-0.25, -0.2) is 4.67 Å². The number of fused-ring (bicyclic) bond motifs is 1. The smallest absolute Gasteiger partial charge is 0.277 e. The molecule has 2 aliphatic rings. The minimum absolute atomic E-state index is 0.0857. The summed E-state index contributed by atoms with van der Waals surface area (Å²) in [6, 6.07) is 10.2. The standard InChI is InChI=1S/C21H34NO2P/c1-16(2)14-22-21(4,5)19-12-11-17(3)13-20(19)24-25(22,23)15-18-9-7-6-8-10-18/h6-10,16-17,19-20H,11-15H2,1-5H3/t17-,19-,20-,25+/m1/s1. The third-order valence-corrected chi connectivity index (χ3v) is 8.84. The van der Waals surface area contributed by atoms with Crippen LogP contribution in [0.15, 0.2) is 30.3 Å². The Morgan fingerprint density at radius 3 is 2.56 bits per heavy atom. The topological polar surface area (TPSA) is 29.5 Å². The Bertz CT molecular complexity index is 628. The summed E-state index contributed by atoms with van der Waals surface area (Å²) in [7, 11) is -2.90. The molecule has 0 radical (unpaired) electrons. The van der Waals surface area contributed by atoms with Crippen LogP contribution >= 0.6 is 7.52 Å². The zero-order valence-electron chi connectivity index (χ0n) is 16.4. The second kappa shape index (κ2) is 7.18. The van der Waals surface area contributed by atoms with Gasteiger partial charge in [0.25, 0.3) is 7.52 Å². The average Bonchev–Trinajstić information content (AvgIpc) is 2.52. The van der Waals surface area contributed by atoms with Gasteiger partial charge in [0.2, 0.25) is 0 Å². The second-order valence-corrected chi connectivity index (χ2v) is 11.4. The van der Waals surface area contributed by atoms with Gasteiger partial charge in [0, 0.05) is 18.0 Å².